The molecule has 1 saturated heterocycles. The molecular formula is C18H22N2O2. The molecule has 5 atom stereocenters. The van der Waals surface area contributed by atoms with E-state index in [-0.39, 0.29) is 23.9 Å². The third-order valence-corrected chi connectivity index (χ3v) is 5.74. The Labute approximate surface area is 130 Å². The number of fused-ring (bicyclic) bond motifs is 1. The van der Waals surface area contributed by atoms with Gasteiger partial charge in [-0.3, -0.25) is 9.59 Å². The monoisotopic (exact) mass is 298 g/mol. The van der Waals surface area contributed by atoms with Gasteiger partial charge in [0.15, 0.2) is 0 Å². The van der Waals surface area contributed by atoms with Gasteiger partial charge in [-0.25, -0.2) is 0 Å². The summed E-state index contributed by atoms with van der Waals surface area (Å²) in [6.45, 7) is 0. The van der Waals surface area contributed by atoms with E-state index in [0.29, 0.717) is 30.6 Å². The lowest BCUT2D eigenvalue weighted by molar-refractivity contribution is -0.127. The molecule has 4 rings (SSSR count). The number of hydrogen-bond donors (Lipinski definition) is 2. The molecule has 2 aliphatic carbocycles. The quantitative estimate of drug-likeness (QED) is 0.896. The molecule has 116 valence electrons. The SMILES string of the molecule is O=C1CC[C@H](C(=O)N[C@@H]2[C@@H]3CCC[C@@H]3[C@H]2c2ccccc2)N1. The van der Waals surface area contributed by atoms with E-state index in [0.717, 1.165) is 0 Å². The zero-order chi connectivity index (χ0) is 15.1. The van der Waals surface area contributed by atoms with Crippen LogP contribution >= 0.6 is 0 Å². The molecule has 0 radical (unpaired) electrons. The molecule has 0 aromatic heterocycles. The van der Waals surface area contributed by atoms with Crippen LogP contribution in [0, 0.1) is 11.8 Å². The van der Waals surface area contributed by atoms with Gasteiger partial charge in [-0.15, -0.1) is 0 Å². The minimum Gasteiger partial charge on any atom is -0.351 e. The summed E-state index contributed by atoms with van der Waals surface area (Å²) in [4.78, 5) is 23.7. The van der Waals surface area contributed by atoms with Gasteiger partial charge in [0, 0.05) is 18.4 Å². The van der Waals surface area contributed by atoms with Crippen LogP contribution in [0.1, 0.15) is 43.6 Å². The first-order valence-corrected chi connectivity index (χ1v) is 8.39. The Morgan fingerprint density at radius 3 is 2.59 bits per heavy atom. The zero-order valence-corrected chi connectivity index (χ0v) is 12.6. The Morgan fingerprint density at radius 2 is 1.86 bits per heavy atom. The molecule has 0 bridgehead atoms. The summed E-state index contributed by atoms with van der Waals surface area (Å²) in [7, 11) is 0. The van der Waals surface area contributed by atoms with E-state index >= 15 is 0 Å². The van der Waals surface area contributed by atoms with Gasteiger partial charge >= 0.3 is 0 Å². The second-order valence-electron chi connectivity index (χ2n) is 6.89. The average molecular weight is 298 g/mol. The molecule has 2 N–H and O–H groups in total. The molecule has 4 heteroatoms. The predicted octanol–water partition coefficient (Wildman–Crippen LogP) is 1.96. The third-order valence-electron chi connectivity index (χ3n) is 5.74. The van der Waals surface area contributed by atoms with E-state index in [1.165, 1.54) is 24.8 Å². The van der Waals surface area contributed by atoms with E-state index in [9.17, 15) is 9.59 Å². The number of carbonyl (C=O) groups excluding carboxylic acids is 2. The second-order valence-corrected chi connectivity index (χ2v) is 6.89. The average Bonchev–Trinajstić information content (AvgIpc) is 3.13. The van der Waals surface area contributed by atoms with Crippen molar-refractivity contribution in [3.63, 3.8) is 0 Å². The van der Waals surface area contributed by atoms with Crippen LogP contribution in [0.15, 0.2) is 30.3 Å². The Kier molecular flexibility index (Phi) is 3.40. The summed E-state index contributed by atoms with van der Waals surface area (Å²) in [5.41, 5.74) is 1.34. The molecule has 2 saturated carbocycles. The summed E-state index contributed by atoms with van der Waals surface area (Å²) in [6.07, 6.45) is 4.86. The van der Waals surface area contributed by atoms with Crippen LogP contribution < -0.4 is 10.6 Å². The van der Waals surface area contributed by atoms with Gasteiger partial charge in [0.2, 0.25) is 11.8 Å². The first-order valence-electron chi connectivity index (χ1n) is 8.39. The number of hydrogen-bond acceptors (Lipinski definition) is 2. The van der Waals surface area contributed by atoms with E-state index < -0.39 is 0 Å². The predicted molar refractivity (Wildman–Crippen MR) is 83.1 cm³/mol. The summed E-state index contributed by atoms with van der Waals surface area (Å²) in [5, 5.41) is 6.02. The van der Waals surface area contributed by atoms with E-state index in [1.807, 2.05) is 6.07 Å². The van der Waals surface area contributed by atoms with Crippen molar-refractivity contribution in [3.05, 3.63) is 35.9 Å². The normalized spacial score (nSPS) is 36.4. The van der Waals surface area contributed by atoms with Gasteiger partial charge in [-0.1, -0.05) is 36.8 Å². The van der Waals surface area contributed by atoms with Gasteiger partial charge in [0.05, 0.1) is 0 Å². The lowest BCUT2D eigenvalue weighted by Crippen LogP contribution is -2.59. The maximum atomic E-state index is 12.4. The number of rotatable bonds is 3. The Morgan fingerprint density at radius 1 is 1.09 bits per heavy atom. The molecule has 1 heterocycles. The van der Waals surface area contributed by atoms with E-state index in [1.54, 1.807) is 0 Å². The van der Waals surface area contributed by atoms with Gasteiger partial charge in [-0.05, 0) is 36.7 Å². The van der Waals surface area contributed by atoms with Crippen LogP contribution in [0.2, 0.25) is 0 Å². The highest BCUT2D eigenvalue weighted by Gasteiger charge is 2.53. The Bertz CT molecular complexity index is 586. The van der Waals surface area contributed by atoms with Gasteiger partial charge in [0.1, 0.15) is 6.04 Å². The van der Waals surface area contributed by atoms with Gasteiger partial charge in [0.25, 0.3) is 0 Å². The maximum absolute atomic E-state index is 12.4. The zero-order valence-electron chi connectivity index (χ0n) is 12.6. The lowest BCUT2D eigenvalue weighted by atomic mass is 9.59. The topological polar surface area (TPSA) is 58.2 Å². The first-order chi connectivity index (χ1) is 10.7. The van der Waals surface area contributed by atoms with Crippen molar-refractivity contribution in [1.82, 2.24) is 10.6 Å². The van der Waals surface area contributed by atoms with Crippen molar-refractivity contribution in [3.8, 4) is 0 Å². The maximum Gasteiger partial charge on any atom is 0.242 e. The van der Waals surface area contributed by atoms with Crippen LogP contribution in [0.4, 0.5) is 0 Å². The summed E-state index contributed by atoms with van der Waals surface area (Å²) in [5.74, 6) is 1.76. The molecule has 3 aliphatic rings. The van der Waals surface area contributed by atoms with Crippen LogP contribution in [-0.4, -0.2) is 23.9 Å². The Balaban J connectivity index is 1.49. The molecule has 4 nitrogen and oxygen atoms in total. The van der Waals surface area contributed by atoms with Crippen LogP contribution in [-0.2, 0) is 9.59 Å². The number of nitrogens with one attached hydrogen (secondary N) is 2. The standard InChI is InChI=1S/C18H22N2O2/c21-15-10-9-14(19-15)18(22)20-17-13-8-4-7-12(13)16(17)11-5-2-1-3-6-11/h1-3,5-6,12-14,16-17H,4,7-10H2,(H,19,21)(H,20,22)/t12-,13+,14+,16+,17+/m0/s1. The molecule has 1 aromatic carbocycles. The number of amides is 2. The van der Waals surface area contributed by atoms with Crippen LogP contribution in [0.3, 0.4) is 0 Å². The summed E-state index contributed by atoms with van der Waals surface area (Å²) in [6, 6.07) is 10.5. The molecule has 1 aromatic rings. The van der Waals surface area contributed by atoms with Crippen molar-refractivity contribution in [2.45, 2.75) is 50.1 Å². The van der Waals surface area contributed by atoms with Crippen molar-refractivity contribution in [1.29, 1.82) is 0 Å². The second kappa shape index (κ2) is 5.41. The fraction of sp³-hybridized carbons (Fsp3) is 0.556. The smallest absolute Gasteiger partial charge is 0.242 e. The van der Waals surface area contributed by atoms with E-state index in [4.69, 9.17) is 0 Å². The largest absolute Gasteiger partial charge is 0.351 e. The molecule has 1 aliphatic heterocycles. The van der Waals surface area contributed by atoms with Crippen molar-refractivity contribution in [2.24, 2.45) is 11.8 Å². The molecule has 2 amide bonds. The fourth-order valence-corrected chi connectivity index (χ4v) is 4.70. The van der Waals surface area contributed by atoms with E-state index in [2.05, 4.69) is 34.9 Å². The summed E-state index contributed by atoms with van der Waals surface area (Å²) < 4.78 is 0. The molecule has 0 spiro atoms. The summed E-state index contributed by atoms with van der Waals surface area (Å²) >= 11 is 0. The number of carbonyl (C=O) groups is 2. The molecule has 0 unspecified atom stereocenters. The minimum absolute atomic E-state index is 0.00197. The van der Waals surface area contributed by atoms with Crippen molar-refractivity contribution >= 4 is 11.8 Å². The first kappa shape index (κ1) is 13.8. The highest BCUT2D eigenvalue weighted by atomic mass is 16.2. The van der Waals surface area contributed by atoms with Gasteiger partial charge in [-0.2, -0.15) is 0 Å². The van der Waals surface area contributed by atoms with Crippen LogP contribution in [0.5, 0.6) is 0 Å². The fourth-order valence-electron chi connectivity index (χ4n) is 4.70. The highest BCUT2D eigenvalue weighted by molar-refractivity contribution is 5.91. The van der Waals surface area contributed by atoms with Crippen molar-refractivity contribution in [2.75, 3.05) is 0 Å². The number of benzene rings is 1. The molecular weight excluding hydrogens is 276 g/mol. The van der Waals surface area contributed by atoms with Crippen LogP contribution in [0.25, 0.3) is 0 Å². The lowest BCUT2D eigenvalue weighted by Gasteiger charge is -2.50. The minimum atomic E-state index is -0.329. The van der Waals surface area contributed by atoms with Crippen molar-refractivity contribution < 1.29 is 9.59 Å². The van der Waals surface area contributed by atoms with Gasteiger partial charge < -0.3 is 10.6 Å². The third kappa shape index (κ3) is 2.21. The molecule has 3 fully saturated rings. The Hall–Kier alpha value is -1.84. The highest BCUT2D eigenvalue weighted by Crippen LogP contribution is 2.55. The molecule has 22 heavy (non-hydrogen) atoms.